The largest absolute Gasteiger partial charge is 0.496 e. The quantitative estimate of drug-likeness (QED) is 0.747. The number of nitrogen functional groups attached to an aromatic ring is 1. The highest BCUT2D eigenvalue weighted by atomic mass is 32.2. The van der Waals surface area contributed by atoms with E-state index in [-0.39, 0.29) is 5.75 Å². The molecule has 0 aliphatic heterocycles. The standard InChI is InChI=1S/C10H13NO3S/c1-14-9-4-2-3-8(11)7(9)5-15-6-10(12)13/h2-4H,5-6,11H2,1H3,(H,12,13). The second kappa shape index (κ2) is 5.50. The molecule has 0 bridgehead atoms. The van der Waals surface area contributed by atoms with Crippen molar-refractivity contribution in [1.29, 1.82) is 0 Å². The molecule has 0 aliphatic carbocycles. The van der Waals surface area contributed by atoms with Crippen LogP contribution in [0.15, 0.2) is 18.2 Å². The Kier molecular flexibility index (Phi) is 4.30. The van der Waals surface area contributed by atoms with Gasteiger partial charge >= 0.3 is 5.97 Å². The van der Waals surface area contributed by atoms with Crippen molar-refractivity contribution in [2.24, 2.45) is 0 Å². The second-order valence-electron chi connectivity index (χ2n) is 2.91. The Morgan fingerprint density at radius 3 is 2.93 bits per heavy atom. The molecule has 0 saturated heterocycles. The molecule has 0 amide bonds. The van der Waals surface area contributed by atoms with Crippen LogP contribution >= 0.6 is 11.8 Å². The molecule has 0 heterocycles. The van der Waals surface area contributed by atoms with Crippen LogP contribution < -0.4 is 10.5 Å². The van der Waals surface area contributed by atoms with Gasteiger partial charge < -0.3 is 15.6 Å². The van der Waals surface area contributed by atoms with Crippen LogP contribution in [-0.2, 0) is 10.5 Å². The van der Waals surface area contributed by atoms with Gasteiger partial charge in [0.2, 0.25) is 0 Å². The van der Waals surface area contributed by atoms with Gasteiger partial charge in [-0.3, -0.25) is 4.79 Å². The van der Waals surface area contributed by atoms with Crippen LogP contribution in [0.25, 0.3) is 0 Å². The van der Waals surface area contributed by atoms with Crippen LogP contribution in [0, 0.1) is 0 Å². The molecule has 1 aromatic rings. The Labute approximate surface area is 92.4 Å². The van der Waals surface area contributed by atoms with Crippen LogP contribution in [0.2, 0.25) is 0 Å². The van der Waals surface area contributed by atoms with Crippen molar-refractivity contribution < 1.29 is 14.6 Å². The lowest BCUT2D eigenvalue weighted by atomic mass is 10.2. The molecule has 1 aromatic carbocycles. The summed E-state index contributed by atoms with van der Waals surface area (Å²) in [6.45, 7) is 0. The number of hydrogen-bond acceptors (Lipinski definition) is 4. The fraction of sp³-hybridized carbons (Fsp3) is 0.300. The smallest absolute Gasteiger partial charge is 0.313 e. The van der Waals surface area contributed by atoms with E-state index in [4.69, 9.17) is 15.6 Å². The summed E-state index contributed by atoms with van der Waals surface area (Å²) in [5.74, 6) is 0.487. The highest BCUT2D eigenvalue weighted by Gasteiger charge is 2.07. The lowest BCUT2D eigenvalue weighted by Crippen LogP contribution is -2.01. The van der Waals surface area contributed by atoms with Crippen LogP contribution in [0.1, 0.15) is 5.56 Å². The number of ether oxygens (including phenoxy) is 1. The number of hydrogen-bond donors (Lipinski definition) is 2. The molecule has 1 rings (SSSR count). The molecule has 0 fully saturated rings. The lowest BCUT2D eigenvalue weighted by Gasteiger charge is -2.09. The van der Waals surface area contributed by atoms with Crippen molar-refractivity contribution in [1.82, 2.24) is 0 Å². The van der Waals surface area contributed by atoms with E-state index in [0.29, 0.717) is 17.2 Å². The molecule has 0 saturated carbocycles. The first-order chi connectivity index (χ1) is 7.15. The molecular formula is C10H13NO3S. The van der Waals surface area contributed by atoms with Crippen molar-refractivity contribution in [2.45, 2.75) is 5.75 Å². The van der Waals surface area contributed by atoms with E-state index >= 15 is 0 Å². The SMILES string of the molecule is COc1cccc(N)c1CSCC(=O)O. The summed E-state index contributed by atoms with van der Waals surface area (Å²) in [6.07, 6.45) is 0. The van der Waals surface area contributed by atoms with Gasteiger partial charge in [-0.1, -0.05) is 6.07 Å². The maximum atomic E-state index is 10.3. The van der Waals surface area contributed by atoms with E-state index in [1.54, 1.807) is 19.2 Å². The van der Waals surface area contributed by atoms with Gasteiger partial charge in [0.15, 0.2) is 0 Å². The van der Waals surface area contributed by atoms with Gasteiger partial charge in [-0.2, -0.15) is 0 Å². The third-order valence-corrected chi connectivity index (χ3v) is 2.80. The molecule has 4 nitrogen and oxygen atoms in total. The summed E-state index contributed by atoms with van der Waals surface area (Å²) in [5.41, 5.74) is 7.26. The van der Waals surface area contributed by atoms with Gasteiger partial charge in [-0.15, -0.1) is 11.8 Å². The second-order valence-corrected chi connectivity index (χ2v) is 3.90. The third-order valence-electron chi connectivity index (χ3n) is 1.86. The summed E-state index contributed by atoms with van der Waals surface area (Å²) < 4.78 is 5.14. The van der Waals surface area contributed by atoms with Crippen LogP contribution in [0.3, 0.4) is 0 Å². The number of thioether (sulfide) groups is 1. The van der Waals surface area contributed by atoms with Crippen molar-refractivity contribution in [2.75, 3.05) is 18.6 Å². The molecule has 5 heteroatoms. The number of benzene rings is 1. The Bertz CT molecular complexity index is 355. The molecule has 0 aliphatic rings. The summed E-state index contributed by atoms with van der Waals surface area (Å²) >= 11 is 1.30. The topological polar surface area (TPSA) is 72.5 Å². The zero-order valence-electron chi connectivity index (χ0n) is 8.40. The van der Waals surface area contributed by atoms with Crippen molar-refractivity contribution in [3.05, 3.63) is 23.8 Å². The zero-order chi connectivity index (χ0) is 11.3. The fourth-order valence-corrected chi connectivity index (χ4v) is 1.96. The summed E-state index contributed by atoms with van der Waals surface area (Å²) in [5, 5.41) is 8.50. The lowest BCUT2D eigenvalue weighted by molar-refractivity contribution is -0.133. The Balaban J connectivity index is 2.70. The van der Waals surface area contributed by atoms with E-state index in [0.717, 1.165) is 5.56 Å². The molecular weight excluding hydrogens is 214 g/mol. The Morgan fingerprint density at radius 1 is 1.60 bits per heavy atom. The van der Waals surface area contributed by atoms with E-state index < -0.39 is 5.97 Å². The van der Waals surface area contributed by atoms with E-state index in [1.165, 1.54) is 11.8 Å². The maximum absolute atomic E-state index is 10.3. The normalized spacial score (nSPS) is 9.93. The van der Waals surface area contributed by atoms with E-state index in [9.17, 15) is 4.79 Å². The first-order valence-electron chi connectivity index (χ1n) is 4.36. The molecule has 0 unspecified atom stereocenters. The van der Waals surface area contributed by atoms with Gasteiger partial charge in [0, 0.05) is 17.0 Å². The third kappa shape index (κ3) is 3.36. The van der Waals surface area contributed by atoms with Crippen molar-refractivity contribution in [3.8, 4) is 5.75 Å². The first kappa shape index (κ1) is 11.7. The van der Waals surface area contributed by atoms with Gasteiger partial charge in [0.1, 0.15) is 5.75 Å². The Morgan fingerprint density at radius 2 is 2.33 bits per heavy atom. The maximum Gasteiger partial charge on any atom is 0.313 e. The summed E-state index contributed by atoms with van der Waals surface area (Å²) in [6, 6.07) is 5.39. The first-order valence-corrected chi connectivity index (χ1v) is 5.51. The monoisotopic (exact) mass is 227 g/mol. The zero-order valence-corrected chi connectivity index (χ0v) is 9.21. The number of nitrogens with two attached hydrogens (primary N) is 1. The molecule has 0 spiro atoms. The van der Waals surface area contributed by atoms with Gasteiger partial charge in [0.25, 0.3) is 0 Å². The molecule has 0 atom stereocenters. The molecule has 0 radical (unpaired) electrons. The fourth-order valence-electron chi connectivity index (χ4n) is 1.17. The van der Waals surface area contributed by atoms with E-state index in [1.807, 2.05) is 6.07 Å². The van der Waals surface area contributed by atoms with Crippen molar-refractivity contribution >= 4 is 23.4 Å². The number of methoxy groups -OCH3 is 1. The number of anilines is 1. The number of aliphatic carboxylic acids is 1. The predicted octanol–water partition coefficient (Wildman–Crippen LogP) is 1.60. The molecule has 82 valence electrons. The van der Waals surface area contributed by atoms with Crippen molar-refractivity contribution in [3.63, 3.8) is 0 Å². The Hall–Kier alpha value is -1.36. The summed E-state index contributed by atoms with van der Waals surface area (Å²) in [4.78, 5) is 10.3. The van der Waals surface area contributed by atoms with Crippen LogP contribution in [0.4, 0.5) is 5.69 Å². The van der Waals surface area contributed by atoms with Crippen LogP contribution in [0.5, 0.6) is 5.75 Å². The summed E-state index contributed by atoms with van der Waals surface area (Å²) in [7, 11) is 1.57. The number of carboxylic acid groups (broad SMARTS) is 1. The molecule has 3 N–H and O–H groups in total. The number of carbonyl (C=O) groups is 1. The predicted molar refractivity (Wildman–Crippen MR) is 61.2 cm³/mol. The molecule has 15 heavy (non-hydrogen) atoms. The minimum absolute atomic E-state index is 0.0670. The molecule has 0 aromatic heterocycles. The highest BCUT2D eigenvalue weighted by Crippen LogP contribution is 2.28. The van der Waals surface area contributed by atoms with Gasteiger partial charge in [0.05, 0.1) is 12.9 Å². The number of rotatable bonds is 5. The average molecular weight is 227 g/mol. The van der Waals surface area contributed by atoms with Crippen LogP contribution in [-0.4, -0.2) is 23.9 Å². The number of carboxylic acids is 1. The minimum atomic E-state index is -0.825. The average Bonchev–Trinajstić information content (AvgIpc) is 2.20. The minimum Gasteiger partial charge on any atom is -0.496 e. The highest BCUT2D eigenvalue weighted by molar-refractivity contribution is 7.99. The van der Waals surface area contributed by atoms with E-state index in [2.05, 4.69) is 0 Å². The van der Waals surface area contributed by atoms with Gasteiger partial charge in [-0.05, 0) is 12.1 Å². The van der Waals surface area contributed by atoms with Gasteiger partial charge in [-0.25, -0.2) is 0 Å².